The predicted molar refractivity (Wildman–Crippen MR) is 93.4 cm³/mol. The SMILES string of the molecule is CC(C)N(c1ccc(-c2ccccc2)cc1)c1ccccn1. The number of anilines is 2. The number of aromatic nitrogens is 1. The van der Waals surface area contributed by atoms with Crippen molar-refractivity contribution >= 4 is 11.5 Å². The highest BCUT2D eigenvalue weighted by Gasteiger charge is 2.13. The summed E-state index contributed by atoms with van der Waals surface area (Å²) in [6, 6.07) is 25.5. The summed E-state index contributed by atoms with van der Waals surface area (Å²) in [6.07, 6.45) is 1.84. The van der Waals surface area contributed by atoms with Gasteiger partial charge in [0.05, 0.1) is 0 Å². The molecule has 22 heavy (non-hydrogen) atoms. The number of pyridine rings is 1. The van der Waals surface area contributed by atoms with E-state index in [9.17, 15) is 0 Å². The van der Waals surface area contributed by atoms with Gasteiger partial charge in [-0.1, -0.05) is 48.5 Å². The molecule has 110 valence electrons. The topological polar surface area (TPSA) is 16.1 Å². The van der Waals surface area contributed by atoms with Crippen LogP contribution < -0.4 is 4.90 Å². The molecule has 3 aromatic rings. The predicted octanol–water partition coefficient (Wildman–Crippen LogP) is 5.30. The van der Waals surface area contributed by atoms with Gasteiger partial charge < -0.3 is 4.90 Å². The molecule has 0 aliphatic rings. The fourth-order valence-electron chi connectivity index (χ4n) is 2.64. The molecule has 0 N–H and O–H groups in total. The van der Waals surface area contributed by atoms with Gasteiger partial charge in [-0.25, -0.2) is 4.98 Å². The second-order valence-corrected chi connectivity index (χ2v) is 5.56. The van der Waals surface area contributed by atoms with Gasteiger partial charge in [0, 0.05) is 17.9 Å². The Bertz CT molecular complexity index is 704. The van der Waals surface area contributed by atoms with Crippen LogP contribution in [0.3, 0.4) is 0 Å². The normalized spacial score (nSPS) is 10.7. The summed E-state index contributed by atoms with van der Waals surface area (Å²) in [5.41, 5.74) is 3.63. The van der Waals surface area contributed by atoms with Crippen LogP contribution in [0.15, 0.2) is 79.0 Å². The number of benzene rings is 2. The molecule has 2 nitrogen and oxygen atoms in total. The van der Waals surface area contributed by atoms with Crippen molar-refractivity contribution in [1.82, 2.24) is 4.98 Å². The molecule has 2 aromatic carbocycles. The quantitative estimate of drug-likeness (QED) is 0.648. The zero-order valence-electron chi connectivity index (χ0n) is 13.0. The average molecular weight is 288 g/mol. The lowest BCUT2D eigenvalue weighted by Gasteiger charge is -2.28. The molecular formula is C20H20N2. The van der Waals surface area contributed by atoms with Crippen LogP contribution in [0.4, 0.5) is 11.5 Å². The lowest BCUT2D eigenvalue weighted by molar-refractivity contribution is 0.777. The summed E-state index contributed by atoms with van der Waals surface area (Å²) in [7, 11) is 0. The summed E-state index contributed by atoms with van der Waals surface area (Å²) in [4.78, 5) is 6.73. The summed E-state index contributed by atoms with van der Waals surface area (Å²) in [5.74, 6) is 0.977. The average Bonchev–Trinajstić information content (AvgIpc) is 2.57. The number of hydrogen-bond donors (Lipinski definition) is 0. The van der Waals surface area contributed by atoms with Crippen LogP contribution in [-0.4, -0.2) is 11.0 Å². The maximum absolute atomic E-state index is 4.48. The molecule has 0 aliphatic carbocycles. The molecule has 2 heteroatoms. The smallest absolute Gasteiger partial charge is 0.133 e. The highest BCUT2D eigenvalue weighted by Crippen LogP contribution is 2.28. The van der Waals surface area contributed by atoms with E-state index in [4.69, 9.17) is 0 Å². The molecule has 3 rings (SSSR count). The molecule has 0 atom stereocenters. The van der Waals surface area contributed by atoms with Gasteiger partial charge in [-0.15, -0.1) is 0 Å². The molecule has 0 amide bonds. The van der Waals surface area contributed by atoms with Crippen molar-refractivity contribution in [3.8, 4) is 11.1 Å². The van der Waals surface area contributed by atoms with E-state index in [0.717, 1.165) is 11.5 Å². The molecule has 0 bridgehead atoms. The van der Waals surface area contributed by atoms with Gasteiger partial charge in [-0.05, 0) is 49.2 Å². The van der Waals surface area contributed by atoms with Gasteiger partial charge >= 0.3 is 0 Å². The third-order valence-electron chi connectivity index (χ3n) is 3.67. The first-order chi connectivity index (χ1) is 10.8. The molecular weight excluding hydrogens is 268 g/mol. The van der Waals surface area contributed by atoms with Gasteiger partial charge in [0.2, 0.25) is 0 Å². The Morgan fingerprint density at radius 2 is 1.36 bits per heavy atom. The first kappa shape index (κ1) is 14.3. The lowest BCUT2D eigenvalue weighted by atomic mass is 10.1. The highest BCUT2D eigenvalue weighted by molar-refractivity contribution is 5.69. The summed E-state index contributed by atoms with van der Waals surface area (Å²) in [6.45, 7) is 4.36. The molecule has 0 fully saturated rings. The minimum Gasteiger partial charge on any atom is -0.324 e. The van der Waals surface area contributed by atoms with Crippen LogP contribution in [0.1, 0.15) is 13.8 Å². The van der Waals surface area contributed by atoms with Crippen molar-refractivity contribution in [2.45, 2.75) is 19.9 Å². The Hall–Kier alpha value is -2.61. The molecule has 0 saturated heterocycles. The van der Waals surface area contributed by atoms with Crippen molar-refractivity contribution in [1.29, 1.82) is 0 Å². The zero-order valence-corrected chi connectivity index (χ0v) is 13.0. The van der Waals surface area contributed by atoms with Crippen molar-refractivity contribution in [2.75, 3.05) is 4.90 Å². The number of nitrogens with zero attached hydrogens (tertiary/aromatic N) is 2. The van der Waals surface area contributed by atoms with Crippen molar-refractivity contribution in [2.24, 2.45) is 0 Å². The lowest BCUT2D eigenvalue weighted by Crippen LogP contribution is -2.26. The number of hydrogen-bond acceptors (Lipinski definition) is 2. The van der Waals surface area contributed by atoms with E-state index >= 15 is 0 Å². The Morgan fingerprint density at radius 3 is 1.95 bits per heavy atom. The summed E-state index contributed by atoms with van der Waals surface area (Å²) >= 11 is 0. The van der Waals surface area contributed by atoms with Crippen molar-refractivity contribution < 1.29 is 0 Å². The van der Waals surface area contributed by atoms with Crippen LogP contribution in [0.2, 0.25) is 0 Å². The Kier molecular flexibility index (Phi) is 4.19. The molecule has 0 aliphatic heterocycles. The molecule has 1 aromatic heterocycles. The standard InChI is InChI=1S/C20H20N2/c1-16(2)22(20-10-6-7-15-21-20)19-13-11-18(12-14-19)17-8-4-3-5-9-17/h3-16H,1-2H3. The van der Waals surface area contributed by atoms with Gasteiger partial charge in [-0.3, -0.25) is 0 Å². The minimum absolute atomic E-state index is 0.345. The fourth-order valence-corrected chi connectivity index (χ4v) is 2.64. The van der Waals surface area contributed by atoms with E-state index in [-0.39, 0.29) is 0 Å². The van der Waals surface area contributed by atoms with Crippen LogP contribution in [0, 0.1) is 0 Å². The molecule has 1 heterocycles. The summed E-state index contributed by atoms with van der Waals surface area (Å²) < 4.78 is 0. The van der Waals surface area contributed by atoms with E-state index in [1.165, 1.54) is 11.1 Å². The van der Waals surface area contributed by atoms with Gasteiger partial charge in [0.15, 0.2) is 0 Å². The maximum atomic E-state index is 4.48. The second kappa shape index (κ2) is 6.44. The van der Waals surface area contributed by atoms with Crippen LogP contribution in [0.25, 0.3) is 11.1 Å². The van der Waals surface area contributed by atoms with E-state index in [2.05, 4.69) is 72.3 Å². The van der Waals surface area contributed by atoms with E-state index in [1.54, 1.807) is 0 Å². The first-order valence-corrected chi connectivity index (χ1v) is 7.61. The van der Waals surface area contributed by atoms with Gasteiger partial charge in [0.1, 0.15) is 5.82 Å². The molecule has 0 saturated carbocycles. The fraction of sp³-hybridized carbons (Fsp3) is 0.150. The minimum atomic E-state index is 0.345. The first-order valence-electron chi connectivity index (χ1n) is 7.61. The van der Waals surface area contributed by atoms with E-state index in [0.29, 0.717) is 6.04 Å². The monoisotopic (exact) mass is 288 g/mol. The van der Waals surface area contributed by atoms with E-state index in [1.807, 2.05) is 30.5 Å². The van der Waals surface area contributed by atoms with Crippen molar-refractivity contribution in [3.63, 3.8) is 0 Å². The molecule has 0 unspecified atom stereocenters. The molecule has 0 radical (unpaired) electrons. The largest absolute Gasteiger partial charge is 0.324 e. The zero-order chi connectivity index (χ0) is 15.4. The van der Waals surface area contributed by atoms with Crippen LogP contribution in [0.5, 0.6) is 0 Å². The number of rotatable bonds is 4. The van der Waals surface area contributed by atoms with Gasteiger partial charge in [-0.2, -0.15) is 0 Å². The third-order valence-corrected chi connectivity index (χ3v) is 3.67. The Labute approximate surface area is 132 Å². The van der Waals surface area contributed by atoms with Crippen LogP contribution in [-0.2, 0) is 0 Å². The van der Waals surface area contributed by atoms with Crippen LogP contribution >= 0.6 is 0 Å². The van der Waals surface area contributed by atoms with Gasteiger partial charge in [0.25, 0.3) is 0 Å². The maximum Gasteiger partial charge on any atom is 0.133 e. The molecule has 0 spiro atoms. The summed E-state index contributed by atoms with van der Waals surface area (Å²) in [5, 5.41) is 0. The Balaban J connectivity index is 1.94. The van der Waals surface area contributed by atoms with Crippen molar-refractivity contribution in [3.05, 3.63) is 79.0 Å². The highest BCUT2D eigenvalue weighted by atomic mass is 15.2. The Morgan fingerprint density at radius 1 is 0.727 bits per heavy atom. The second-order valence-electron chi connectivity index (χ2n) is 5.56. The third kappa shape index (κ3) is 3.01. The van der Waals surface area contributed by atoms with E-state index < -0.39 is 0 Å².